The Bertz CT molecular complexity index is 2120. The van der Waals surface area contributed by atoms with Crippen LogP contribution >= 0.6 is 0 Å². The fourth-order valence-electron chi connectivity index (χ4n) is 6.85. The Labute approximate surface area is 286 Å². The van der Waals surface area contributed by atoms with Crippen molar-refractivity contribution in [2.45, 2.75) is 45.9 Å². The summed E-state index contributed by atoms with van der Waals surface area (Å²) in [5.41, 5.74) is 12.3. The van der Waals surface area contributed by atoms with E-state index in [2.05, 4.69) is 92.4 Å². The highest BCUT2D eigenvalue weighted by Crippen LogP contribution is 2.35. The van der Waals surface area contributed by atoms with Crippen molar-refractivity contribution >= 4 is 33.4 Å². The number of nitrogens with one attached hydrogen (secondary N) is 1. The molecular formula is C39H42N8O2. The van der Waals surface area contributed by atoms with Crippen LogP contribution in [0.5, 0.6) is 0 Å². The van der Waals surface area contributed by atoms with Crippen LogP contribution in [0.4, 0.5) is 11.5 Å². The van der Waals surface area contributed by atoms with Crippen LogP contribution in [-0.2, 0) is 19.5 Å². The number of fused-ring (bicyclic) bond motifs is 2. The van der Waals surface area contributed by atoms with Gasteiger partial charge >= 0.3 is 0 Å². The molecule has 10 nitrogen and oxygen atoms in total. The number of hydrogen-bond donors (Lipinski definition) is 3. The molecule has 0 spiro atoms. The number of likely N-dealkylation sites (tertiary alicyclic amines) is 1. The number of aliphatic hydroxyl groups excluding tert-OH is 2. The summed E-state index contributed by atoms with van der Waals surface area (Å²) in [7, 11) is 1.98. The van der Waals surface area contributed by atoms with Crippen LogP contribution in [0, 0.1) is 13.8 Å². The van der Waals surface area contributed by atoms with Gasteiger partial charge in [-0.3, -0.25) is 19.8 Å². The number of hydrogen-bond acceptors (Lipinski definition) is 10. The molecule has 0 saturated carbocycles. The zero-order valence-corrected chi connectivity index (χ0v) is 28.3. The summed E-state index contributed by atoms with van der Waals surface area (Å²) < 4.78 is 0. The van der Waals surface area contributed by atoms with E-state index in [-0.39, 0.29) is 12.7 Å². The summed E-state index contributed by atoms with van der Waals surface area (Å²) in [5.74, 6) is 0.720. The van der Waals surface area contributed by atoms with Gasteiger partial charge in [0.25, 0.3) is 0 Å². The van der Waals surface area contributed by atoms with Crippen molar-refractivity contribution in [3.63, 3.8) is 0 Å². The molecule has 0 amide bonds. The maximum Gasteiger partial charge on any atom is 0.156 e. The van der Waals surface area contributed by atoms with E-state index in [1.807, 2.05) is 31.7 Å². The molecule has 0 bridgehead atoms. The fourth-order valence-corrected chi connectivity index (χ4v) is 6.85. The van der Waals surface area contributed by atoms with Gasteiger partial charge in [-0.25, -0.2) is 15.0 Å². The van der Waals surface area contributed by atoms with Crippen molar-refractivity contribution in [2.75, 3.05) is 38.6 Å². The molecule has 0 radical (unpaired) electrons. The molecule has 4 aromatic heterocycles. The summed E-state index contributed by atoms with van der Waals surface area (Å²) in [6, 6.07) is 19.0. The smallest absolute Gasteiger partial charge is 0.156 e. The fraction of sp³-hybridized carbons (Fsp3) is 0.308. The molecule has 3 N–H and O–H groups in total. The number of anilines is 2. The van der Waals surface area contributed by atoms with Crippen LogP contribution in [0.3, 0.4) is 0 Å². The van der Waals surface area contributed by atoms with E-state index in [4.69, 9.17) is 9.97 Å². The van der Waals surface area contributed by atoms with E-state index < -0.39 is 0 Å². The molecule has 7 rings (SSSR count). The second-order valence-electron chi connectivity index (χ2n) is 13.1. The summed E-state index contributed by atoms with van der Waals surface area (Å²) in [6.07, 6.45) is 8.47. The highest BCUT2D eigenvalue weighted by molar-refractivity contribution is 5.91. The lowest BCUT2D eigenvalue weighted by atomic mass is 9.91. The second-order valence-corrected chi connectivity index (χ2v) is 13.1. The van der Waals surface area contributed by atoms with Gasteiger partial charge in [-0.05, 0) is 90.5 Å². The van der Waals surface area contributed by atoms with Gasteiger partial charge in [0.15, 0.2) is 5.82 Å². The molecule has 1 atom stereocenters. The van der Waals surface area contributed by atoms with Crippen LogP contribution in [-0.4, -0.2) is 84.3 Å². The van der Waals surface area contributed by atoms with Crippen LogP contribution in [0.25, 0.3) is 33.1 Å². The molecule has 0 unspecified atom stereocenters. The van der Waals surface area contributed by atoms with Crippen molar-refractivity contribution in [1.29, 1.82) is 0 Å². The molecule has 49 heavy (non-hydrogen) atoms. The third-order valence-corrected chi connectivity index (χ3v) is 9.53. The number of β-amino-alcohol motifs (C(OH)–C–C–N with tert-alkyl or cyclic N) is 1. The number of aromatic nitrogens is 5. The number of nitrogens with zero attached hydrogens (tertiary/aromatic N) is 7. The van der Waals surface area contributed by atoms with Gasteiger partial charge in [0, 0.05) is 68.8 Å². The van der Waals surface area contributed by atoms with Crippen LogP contribution in [0.15, 0.2) is 79.5 Å². The van der Waals surface area contributed by atoms with E-state index in [1.165, 1.54) is 16.7 Å². The van der Waals surface area contributed by atoms with Crippen LogP contribution in [0.1, 0.15) is 39.9 Å². The predicted molar refractivity (Wildman–Crippen MR) is 194 cm³/mol. The first kappa shape index (κ1) is 32.7. The van der Waals surface area contributed by atoms with Gasteiger partial charge in [0.05, 0.1) is 23.9 Å². The largest absolute Gasteiger partial charge is 0.395 e. The van der Waals surface area contributed by atoms with Gasteiger partial charge in [0.2, 0.25) is 0 Å². The van der Waals surface area contributed by atoms with Gasteiger partial charge < -0.3 is 15.5 Å². The molecule has 5 heterocycles. The van der Waals surface area contributed by atoms with Crippen molar-refractivity contribution in [3.05, 3.63) is 113 Å². The standard InChI is InChI=1S/C39H42N8O2/c1-25-29(18-36-38-35(43-24-44-36)17-28(20-42-38)21-46(3)14-15-48)6-4-7-32(25)33-8-5-9-34(26(33)2)45-39-37-30(10-12-40-39)16-27(19-41-37)22-47-13-11-31(49)23-47/h4-10,12,16-17,19-20,24,31,48-49H,11,13-15,18,21-23H2,1-3H3,(H,40,45)/t31-/m1/s1. The average Bonchev–Trinajstić information content (AvgIpc) is 3.51. The Hall–Kier alpha value is -4.87. The van der Waals surface area contributed by atoms with Crippen LogP contribution < -0.4 is 5.32 Å². The first-order valence-electron chi connectivity index (χ1n) is 16.8. The number of benzene rings is 2. The highest BCUT2D eigenvalue weighted by Gasteiger charge is 2.20. The zero-order chi connectivity index (χ0) is 33.9. The topological polar surface area (TPSA) is 123 Å². The molecule has 1 saturated heterocycles. The molecule has 1 aliphatic rings. The molecule has 10 heteroatoms. The Morgan fingerprint density at radius 3 is 2.51 bits per heavy atom. The monoisotopic (exact) mass is 654 g/mol. The number of rotatable bonds is 11. The molecule has 6 aromatic rings. The van der Waals surface area contributed by atoms with E-state index in [0.29, 0.717) is 26.1 Å². The van der Waals surface area contributed by atoms with E-state index in [1.54, 1.807) is 6.33 Å². The maximum atomic E-state index is 9.92. The minimum atomic E-state index is -0.236. The zero-order valence-electron chi connectivity index (χ0n) is 28.3. The van der Waals surface area contributed by atoms with E-state index in [9.17, 15) is 10.2 Å². The third-order valence-electron chi connectivity index (χ3n) is 9.53. The molecule has 0 aliphatic carbocycles. The van der Waals surface area contributed by atoms with Gasteiger partial charge in [-0.2, -0.15) is 0 Å². The Morgan fingerprint density at radius 2 is 1.69 bits per heavy atom. The first-order valence-corrected chi connectivity index (χ1v) is 16.8. The minimum Gasteiger partial charge on any atom is -0.395 e. The lowest BCUT2D eigenvalue weighted by Gasteiger charge is -2.18. The SMILES string of the molecule is Cc1c(Cc2ncnc3cc(CN(C)CCO)cnc23)cccc1-c1cccc(Nc2nccc3cc(CN4CC[C@@H](O)C4)cnc23)c1C. The molecule has 250 valence electrons. The van der Waals surface area contributed by atoms with Gasteiger partial charge in [-0.15, -0.1) is 0 Å². The Balaban J connectivity index is 1.13. The molecule has 1 fully saturated rings. The maximum absolute atomic E-state index is 9.92. The number of pyridine rings is 3. The highest BCUT2D eigenvalue weighted by atomic mass is 16.3. The van der Waals surface area contributed by atoms with Crippen LogP contribution in [0.2, 0.25) is 0 Å². The van der Waals surface area contributed by atoms with Crippen molar-refractivity contribution < 1.29 is 10.2 Å². The second kappa shape index (κ2) is 14.3. The third kappa shape index (κ3) is 7.13. The lowest BCUT2D eigenvalue weighted by molar-refractivity contribution is 0.175. The summed E-state index contributed by atoms with van der Waals surface area (Å²) in [4.78, 5) is 27.8. The normalized spacial score (nSPS) is 15.1. The number of aliphatic hydroxyl groups is 2. The first-order chi connectivity index (χ1) is 23.9. The van der Waals surface area contributed by atoms with E-state index >= 15 is 0 Å². The minimum absolute atomic E-state index is 0.120. The Morgan fingerprint density at radius 1 is 0.898 bits per heavy atom. The summed E-state index contributed by atoms with van der Waals surface area (Å²) in [5, 5.41) is 23.8. The molecule has 1 aliphatic heterocycles. The predicted octanol–water partition coefficient (Wildman–Crippen LogP) is 5.58. The van der Waals surface area contributed by atoms with Crippen molar-refractivity contribution in [1.82, 2.24) is 34.7 Å². The van der Waals surface area contributed by atoms with E-state index in [0.717, 1.165) is 80.9 Å². The lowest BCUT2D eigenvalue weighted by Crippen LogP contribution is -2.21. The van der Waals surface area contributed by atoms with Gasteiger partial charge in [0.1, 0.15) is 17.4 Å². The van der Waals surface area contributed by atoms with Crippen molar-refractivity contribution in [3.8, 4) is 11.1 Å². The molecular weight excluding hydrogens is 612 g/mol. The Kier molecular flexibility index (Phi) is 9.54. The number of likely N-dealkylation sites (N-methyl/N-ethyl adjacent to an activating group) is 1. The quantitative estimate of drug-likeness (QED) is 0.163. The van der Waals surface area contributed by atoms with Crippen molar-refractivity contribution in [2.24, 2.45) is 0 Å². The average molecular weight is 655 g/mol. The summed E-state index contributed by atoms with van der Waals surface area (Å²) >= 11 is 0. The molecule has 2 aromatic carbocycles. The summed E-state index contributed by atoms with van der Waals surface area (Å²) in [6.45, 7) is 8.12. The van der Waals surface area contributed by atoms with Gasteiger partial charge in [-0.1, -0.05) is 30.3 Å².